The summed E-state index contributed by atoms with van der Waals surface area (Å²) >= 11 is 0. The second kappa shape index (κ2) is 5.15. The maximum absolute atomic E-state index is 11.5. The summed E-state index contributed by atoms with van der Waals surface area (Å²) in [5, 5.41) is 11.9. The van der Waals surface area contributed by atoms with E-state index in [2.05, 4.69) is 16.3 Å². The van der Waals surface area contributed by atoms with Crippen LogP contribution in [0.3, 0.4) is 0 Å². The molecule has 2 rings (SSSR count). The summed E-state index contributed by atoms with van der Waals surface area (Å²) in [5.74, 6) is 0. The van der Waals surface area contributed by atoms with Gasteiger partial charge >= 0.3 is 6.03 Å². The van der Waals surface area contributed by atoms with Crippen LogP contribution in [-0.2, 0) is 0 Å². The SMILES string of the molecule is CC(C)(C#N)CCCN1CCN2C(=O)NCC2C1. The number of rotatable bonds is 4. The summed E-state index contributed by atoms with van der Waals surface area (Å²) in [4.78, 5) is 15.8. The van der Waals surface area contributed by atoms with Crippen LogP contribution in [-0.4, -0.2) is 54.6 Å². The minimum Gasteiger partial charge on any atom is -0.336 e. The molecule has 2 amide bonds. The molecule has 2 heterocycles. The molecule has 2 saturated heterocycles. The molecule has 2 aliphatic heterocycles. The molecule has 100 valence electrons. The van der Waals surface area contributed by atoms with E-state index in [1.807, 2.05) is 18.7 Å². The Morgan fingerprint density at radius 2 is 2.28 bits per heavy atom. The lowest BCUT2D eigenvalue weighted by molar-refractivity contribution is 0.118. The van der Waals surface area contributed by atoms with Crippen LogP contribution in [0.5, 0.6) is 0 Å². The van der Waals surface area contributed by atoms with Crippen molar-refractivity contribution in [2.75, 3.05) is 32.7 Å². The summed E-state index contributed by atoms with van der Waals surface area (Å²) in [6, 6.07) is 2.77. The van der Waals surface area contributed by atoms with Crippen molar-refractivity contribution in [1.82, 2.24) is 15.1 Å². The predicted molar refractivity (Wildman–Crippen MR) is 69.0 cm³/mol. The van der Waals surface area contributed by atoms with E-state index in [0.717, 1.165) is 45.6 Å². The van der Waals surface area contributed by atoms with E-state index < -0.39 is 0 Å². The van der Waals surface area contributed by atoms with E-state index in [1.165, 1.54) is 0 Å². The Bertz CT molecular complexity index is 360. The topological polar surface area (TPSA) is 59.4 Å². The molecular formula is C13H22N4O. The average molecular weight is 250 g/mol. The van der Waals surface area contributed by atoms with Gasteiger partial charge in [0.2, 0.25) is 0 Å². The maximum Gasteiger partial charge on any atom is 0.317 e. The molecule has 5 heteroatoms. The van der Waals surface area contributed by atoms with Crippen LogP contribution in [0, 0.1) is 16.7 Å². The fourth-order valence-electron chi connectivity index (χ4n) is 2.67. The molecule has 1 N–H and O–H groups in total. The Kier molecular flexibility index (Phi) is 3.76. The molecule has 1 atom stereocenters. The smallest absolute Gasteiger partial charge is 0.317 e. The number of piperazine rings is 1. The van der Waals surface area contributed by atoms with Gasteiger partial charge in [-0.3, -0.25) is 4.90 Å². The summed E-state index contributed by atoms with van der Waals surface area (Å²) in [5.41, 5.74) is -0.216. The molecule has 2 fully saturated rings. The molecule has 0 saturated carbocycles. The fraction of sp³-hybridized carbons (Fsp3) is 0.846. The van der Waals surface area contributed by atoms with Crippen LogP contribution in [0.4, 0.5) is 4.79 Å². The van der Waals surface area contributed by atoms with Crippen LogP contribution in [0.1, 0.15) is 26.7 Å². The molecule has 0 spiro atoms. The number of nitrogens with one attached hydrogen (secondary N) is 1. The second-order valence-electron chi connectivity index (χ2n) is 5.93. The molecule has 1 unspecified atom stereocenters. The van der Waals surface area contributed by atoms with E-state index in [0.29, 0.717) is 6.04 Å². The van der Waals surface area contributed by atoms with E-state index in [-0.39, 0.29) is 11.4 Å². The summed E-state index contributed by atoms with van der Waals surface area (Å²) in [7, 11) is 0. The first-order valence-corrected chi connectivity index (χ1v) is 6.70. The van der Waals surface area contributed by atoms with Gasteiger partial charge in [-0.15, -0.1) is 0 Å². The highest BCUT2D eigenvalue weighted by Gasteiger charge is 2.35. The molecule has 2 aliphatic rings. The van der Waals surface area contributed by atoms with Crippen molar-refractivity contribution >= 4 is 6.03 Å². The predicted octanol–water partition coefficient (Wildman–Crippen LogP) is 1.03. The molecule has 0 bridgehead atoms. The van der Waals surface area contributed by atoms with Crippen molar-refractivity contribution in [1.29, 1.82) is 5.26 Å². The number of nitriles is 1. The van der Waals surface area contributed by atoms with Gasteiger partial charge in [0.05, 0.1) is 17.5 Å². The second-order valence-corrected chi connectivity index (χ2v) is 5.93. The van der Waals surface area contributed by atoms with Crippen molar-refractivity contribution in [3.05, 3.63) is 0 Å². The van der Waals surface area contributed by atoms with Crippen LogP contribution in [0.15, 0.2) is 0 Å². The first-order chi connectivity index (χ1) is 8.52. The van der Waals surface area contributed by atoms with E-state index in [1.54, 1.807) is 0 Å². The van der Waals surface area contributed by atoms with Gasteiger partial charge in [-0.1, -0.05) is 0 Å². The Hall–Kier alpha value is -1.28. The van der Waals surface area contributed by atoms with Crippen molar-refractivity contribution in [2.45, 2.75) is 32.7 Å². The van der Waals surface area contributed by atoms with E-state index in [9.17, 15) is 4.79 Å². The van der Waals surface area contributed by atoms with E-state index in [4.69, 9.17) is 5.26 Å². The Morgan fingerprint density at radius 1 is 1.50 bits per heavy atom. The zero-order chi connectivity index (χ0) is 13.2. The lowest BCUT2D eigenvalue weighted by Gasteiger charge is -2.36. The number of hydrogen-bond acceptors (Lipinski definition) is 3. The molecule has 0 aromatic rings. The van der Waals surface area contributed by atoms with E-state index >= 15 is 0 Å². The highest BCUT2D eigenvalue weighted by molar-refractivity contribution is 5.77. The third-order valence-electron chi connectivity index (χ3n) is 3.90. The zero-order valence-electron chi connectivity index (χ0n) is 11.3. The number of urea groups is 1. The van der Waals surface area contributed by atoms with Gasteiger partial charge in [0, 0.05) is 26.2 Å². The van der Waals surface area contributed by atoms with Gasteiger partial charge in [0.1, 0.15) is 0 Å². The minimum atomic E-state index is -0.216. The summed E-state index contributed by atoms with van der Waals surface area (Å²) < 4.78 is 0. The van der Waals surface area contributed by atoms with Crippen LogP contribution in [0.2, 0.25) is 0 Å². The quantitative estimate of drug-likeness (QED) is 0.810. The first kappa shape index (κ1) is 13.2. The normalized spacial score (nSPS) is 24.6. The molecule has 0 aromatic heterocycles. The number of hydrogen-bond donors (Lipinski definition) is 1. The van der Waals surface area contributed by atoms with Crippen molar-refractivity contribution in [3.63, 3.8) is 0 Å². The number of amides is 2. The van der Waals surface area contributed by atoms with Crippen LogP contribution in [0.25, 0.3) is 0 Å². The Balaban J connectivity index is 1.73. The molecule has 0 radical (unpaired) electrons. The molecular weight excluding hydrogens is 228 g/mol. The summed E-state index contributed by atoms with van der Waals surface area (Å²) in [6.45, 7) is 8.54. The van der Waals surface area contributed by atoms with Gasteiger partial charge < -0.3 is 10.2 Å². The van der Waals surface area contributed by atoms with Gasteiger partial charge in [-0.25, -0.2) is 4.79 Å². The standard InChI is InChI=1S/C13H22N4O/c1-13(2,10-14)4-3-5-16-6-7-17-11(9-16)8-15-12(17)18/h11H,3-9H2,1-2H3,(H,15,18). The molecule has 18 heavy (non-hydrogen) atoms. The Morgan fingerprint density at radius 3 is 3.00 bits per heavy atom. The monoisotopic (exact) mass is 250 g/mol. The summed E-state index contributed by atoms with van der Waals surface area (Å²) in [6.07, 6.45) is 1.99. The largest absolute Gasteiger partial charge is 0.336 e. The zero-order valence-corrected chi connectivity index (χ0v) is 11.3. The maximum atomic E-state index is 11.5. The highest BCUT2D eigenvalue weighted by Crippen LogP contribution is 2.21. The van der Waals surface area contributed by atoms with Gasteiger partial charge in [0.15, 0.2) is 0 Å². The van der Waals surface area contributed by atoms with Crippen molar-refractivity contribution in [2.24, 2.45) is 5.41 Å². The van der Waals surface area contributed by atoms with Crippen molar-refractivity contribution in [3.8, 4) is 6.07 Å². The lowest BCUT2D eigenvalue weighted by atomic mass is 9.90. The lowest BCUT2D eigenvalue weighted by Crippen LogP contribution is -2.52. The van der Waals surface area contributed by atoms with Crippen LogP contribution >= 0.6 is 0 Å². The third-order valence-corrected chi connectivity index (χ3v) is 3.90. The third kappa shape index (κ3) is 2.94. The minimum absolute atomic E-state index is 0.0882. The molecule has 0 aromatic carbocycles. The average Bonchev–Trinajstić information content (AvgIpc) is 2.71. The number of fused-ring (bicyclic) bond motifs is 1. The number of nitrogens with zero attached hydrogens (tertiary/aromatic N) is 3. The fourth-order valence-corrected chi connectivity index (χ4v) is 2.67. The molecule has 0 aliphatic carbocycles. The number of carbonyl (C=O) groups excluding carboxylic acids is 1. The molecule has 5 nitrogen and oxygen atoms in total. The van der Waals surface area contributed by atoms with Gasteiger partial charge in [-0.05, 0) is 33.2 Å². The van der Waals surface area contributed by atoms with Gasteiger partial charge in [0.25, 0.3) is 0 Å². The highest BCUT2D eigenvalue weighted by atomic mass is 16.2. The Labute approximate surface area is 109 Å². The van der Waals surface area contributed by atoms with Crippen molar-refractivity contribution < 1.29 is 4.79 Å². The first-order valence-electron chi connectivity index (χ1n) is 6.70. The van der Waals surface area contributed by atoms with Crippen LogP contribution < -0.4 is 5.32 Å². The van der Waals surface area contributed by atoms with Gasteiger partial charge in [-0.2, -0.15) is 5.26 Å². The number of carbonyl (C=O) groups is 1.